The van der Waals surface area contributed by atoms with Crippen LogP contribution in [0.15, 0.2) is 48.5 Å². The Kier molecular flexibility index (Phi) is 4.27. The average Bonchev–Trinajstić information content (AvgIpc) is 2.89. The van der Waals surface area contributed by atoms with E-state index in [1.54, 1.807) is 17.4 Å². The van der Waals surface area contributed by atoms with Crippen molar-refractivity contribution in [3.8, 4) is 0 Å². The highest BCUT2D eigenvalue weighted by molar-refractivity contribution is 7.18. The molecule has 0 amide bonds. The summed E-state index contributed by atoms with van der Waals surface area (Å²) in [6.45, 7) is 0.733. The summed E-state index contributed by atoms with van der Waals surface area (Å²) in [5, 5.41) is 4.21. The van der Waals surface area contributed by atoms with Gasteiger partial charge < -0.3 is 5.32 Å². The first-order valence-corrected chi connectivity index (χ1v) is 7.83. The van der Waals surface area contributed by atoms with Gasteiger partial charge in [0, 0.05) is 18.9 Å². The number of halogens is 1. The molecule has 0 saturated carbocycles. The lowest BCUT2D eigenvalue weighted by Crippen LogP contribution is -2.20. The van der Waals surface area contributed by atoms with Gasteiger partial charge in [0.25, 0.3) is 0 Å². The Morgan fingerprint density at radius 2 is 1.90 bits per heavy atom. The number of rotatable bonds is 5. The molecule has 1 atom stereocenters. The lowest BCUT2D eigenvalue weighted by molar-refractivity contribution is 0.556. The molecule has 2 nitrogen and oxygen atoms in total. The molecule has 0 radical (unpaired) electrons. The number of fused-ring (bicyclic) bond motifs is 1. The minimum Gasteiger partial charge on any atom is -0.319 e. The smallest absolute Gasteiger partial charge is 0.126 e. The summed E-state index contributed by atoms with van der Waals surface area (Å²) in [6.07, 6.45) is 0.751. The van der Waals surface area contributed by atoms with Crippen LogP contribution in [0.25, 0.3) is 10.2 Å². The molecule has 0 fully saturated rings. The van der Waals surface area contributed by atoms with Gasteiger partial charge in [0.1, 0.15) is 5.82 Å². The van der Waals surface area contributed by atoms with Crippen LogP contribution < -0.4 is 5.32 Å². The highest BCUT2D eigenvalue weighted by Gasteiger charge is 2.17. The van der Waals surface area contributed by atoms with Crippen molar-refractivity contribution in [2.24, 2.45) is 0 Å². The molecular formula is C17H17FN2S. The van der Waals surface area contributed by atoms with Gasteiger partial charge >= 0.3 is 0 Å². The Balaban J connectivity index is 1.90. The number of hydrogen-bond donors (Lipinski definition) is 1. The van der Waals surface area contributed by atoms with Gasteiger partial charge in [0.15, 0.2) is 0 Å². The largest absolute Gasteiger partial charge is 0.319 e. The molecule has 108 valence electrons. The SMILES string of the molecule is CNCC(Cc1nc2ccccc2s1)c1ccccc1F. The van der Waals surface area contributed by atoms with Gasteiger partial charge in [-0.25, -0.2) is 9.37 Å². The lowest BCUT2D eigenvalue weighted by Gasteiger charge is -2.16. The quantitative estimate of drug-likeness (QED) is 0.771. The van der Waals surface area contributed by atoms with Gasteiger partial charge in [0.05, 0.1) is 15.2 Å². The zero-order valence-corrected chi connectivity index (χ0v) is 12.7. The third kappa shape index (κ3) is 3.12. The molecule has 0 aliphatic heterocycles. The van der Waals surface area contributed by atoms with E-state index in [4.69, 9.17) is 0 Å². The number of benzene rings is 2. The topological polar surface area (TPSA) is 24.9 Å². The van der Waals surface area contributed by atoms with Crippen LogP contribution in [0.4, 0.5) is 4.39 Å². The maximum Gasteiger partial charge on any atom is 0.126 e. The van der Waals surface area contributed by atoms with E-state index in [-0.39, 0.29) is 11.7 Å². The van der Waals surface area contributed by atoms with Crippen LogP contribution in [0.3, 0.4) is 0 Å². The summed E-state index contributed by atoms with van der Waals surface area (Å²) < 4.78 is 15.2. The molecule has 2 aromatic carbocycles. The minimum atomic E-state index is -0.140. The van der Waals surface area contributed by atoms with Crippen LogP contribution in [-0.4, -0.2) is 18.6 Å². The Morgan fingerprint density at radius 3 is 2.67 bits per heavy atom. The van der Waals surface area contributed by atoms with Gasteiger partial charge in [-0.1, -0.05) is 30.3 Å². The molecular weight excluding hydrogens is 283 g/mol. The number of aromatic nitrogens is 1. The molecule has 1 unspecified atom stereocenters. The molecule has 0 bridgehead atoms. The molecule has 0 spiro atoms. The molecule has 3 aromatic rings. The number of likely N-dealkylation sites (N-methyl/N-ethyl adjacent to an activating group) is 1. The molecule has 1 heterocycles. The molecule has 1 aromatic heterocycles. The van der Waals surface area contributed by atoms with Crippen molar-refractivity contribution in [1.29, 1.82) is 0 Å². The maximum atomic E-state index is 14.0. The van der Waals surface area contributed by atoms with E-state index in [0.717, 1.165) is 29.1 Å². The number of thiazole rings is 1. The van der Waals surface area contributed by atoms with Gasteiger partial charge in [-0.15, -0.1) is 11.3 Å². The van der Waals surface area contributed by atoms with Crippen molar-refractivity contribution < 1.29 is 4.39 Å². The van der Waals surface area contributed by atoms with E-state index in [0.29, 0.717) is 0 Å². The Bertz CT molecular complexity index is 705. The van der Waals surface area contributed by atoms with Gasteiger partial charge in [0.2, 0.25) is 0 Å². The highest BCUT2D eigenvalue weighted by atomic mass is 32.1. The maximum absolute atomic E-state index is 14.0. The second kappa shape index (κ2) is 6.33. The van der Waals surface area contributed by atoms with E-state index in [1.165, 1.54) is 10.8 Å². The summed E-state index contributed by atoms with van der Waals surface area (Å²) >= 11 is 1.69. The number of hydrogen-bond acceptors (Lipinski definition) is 3. The molecule has 0 aliphatic carbocycles. The number of nitrogens with one attached hydrogen (secondary N) is 1. The molecule has 21 heavy (non-hydrogen) atoms. The van der Waals surface area contributed by atoms with Crippen LogP contribution in [0.5, 0.6) is 0 Å². The molecule has 0 aliphatic rings. The Hall–Kier alpha value is -1.78. The van der Waals surface area contributed by atoms with Crippen LogP contribution in [0.1, 0.15) is 16.5 Å². The number of para-hydroxylation sites is 1. The Labute approximate surface area is 127 Å². The summed E-state index contributed by atoms with van der Waals surface area (Å²) in [6, 6.07) is 15.1. The van der Waals surface area contributed by atoms with E-state index in [2.05, 4.69) is 16.4 Å². The fourth-order valence-corrected chi connectivity index (χ4v) is 3.61. The van der Waals surface area contributed by atoms with Gasteiger partial charge in [-0.3, -0.25) is 0 Å². The zero-order chi connectivity index (χ0) is 14.7. The predicted molar refractivity (Wildman–Crippen MR) is 86.4 cm³/mol. The van der Waals surface area contributed by atoms with E-state index < -0.39 is 0 Å². The van der Waals surface area contributed by atoms with Crippen LogP contribution >= 0.6 is 11.3 Å². The fourth-order valence-electron chi connectivity index (χ4n) is 2.56. The second-order valence-corrected chi connectivity index (χ2v) is 6.17. The van der Waals surface area contributed by atoms with Crippen molar-refractivity contribution in [3.05, 3.63) is 64.9 Å². The average molecular weight is 300 g/mol. The van der Waals surface area contributed by atoms with Crippen molar-refractivity contribution in [2.45, 2.75) is 12.3 Å². The van der Waals surface area contributed by atoms with Crippen molar-refractivity contribution >= 4 is 21.6 Å². The van der Waals surface area contributed by atoms with E-state index in [9.17, 15) is 4.39 Å². The molecule has 0 saturated heterocycles. The Morgan fingerprint density at radius 1 is 1.14 bits per heavy atom. The minimum absolute atomic E-state index is 0.0942. The van der Waals surface area contributed by atoms with Crippen molar-refractivity contribution in [2.75, 3.05) is 13.6 Å². The first-order valence-electron chi connectivity index (χ1n) is 7.01. The van der Waals surface area contributed by atoms with Crippen LogP contribution in [-0.2, 0) is 6.42 Å². The predicted octanol–water partition coefficient (Wildman–Crippen LogP) is 3.98. The first-order chi connectivity index (χ1) is 10.3. The standard InChI is InChI=1S/C17H17FN2S/c1-19-11-12(13-6-2-3-7-14(13)18)10-17-20-15-8-4-5-9-16(15)21-17/h2-9,12,19H,10-11H2,1H3. The fraction of sp³-hybridized carbons (Fsp3) is 0.235. The summed E-state index contributed by atoms with van der Waals surface area (Å²) in [5.41, 5.74) is 1.78. The second-order valence-electron chi connectivity index (χ2n) is 5.06. The van der Waals surface area contributed by atoms with Crippen LogP contribution in [0, 0.1) is 5.82 Å². The normalized spacial score (nSPS) is 12.7. The molecule has 4 heteroatoms. The summed E-state index contributed by atoms with van der Waals surface area (Å²) in [7, 11) is 1.90. The first kappa shape index (κ1) is 14.2. The van der Waals surface area contributed by atoms with Gasteiger partial charge in [-0.05, 0) is 30.8 Å². The third-order valence-electron chi connectivity index (χ3n) is 3.55. The lowest BCUT2D eigenvalue weighted by atomic mass is 9.95. The monoisotopic (exact) mass is 300 g/mol. The van der Waals surface area contributed by atoms with E-state index >= 15 is 0 Å². The van der Waals surface area contributed by atoms with Gasteiger partial charge in [-0.2, -0.15) is 0 Å². The zero-order valence-electron chi connectivity index (χ0n) is 11.8. The molecule has 1 N–H and O–H groups in total. The summed E-state index contributed by atoms with van der Waals surface area (Å²) in [4.78, 5) is 4.66. The van der Waals surface area contributed by atoms with E-state index in [1.807, 2.05) is 37.4 Å². The molecule has 3 rings (SSSR count). The number of nitrogens with zero attached hydrogens (tertiary/aromatic N) is 1. The van der Waals surface area contributed by atoms with Crippen molar-refractivity contribution in [3.63, 3.8) is 0 Å². The third-order valence-corrected chi connectivity index (χ3v) is 4.61. The highest BCUT2D eigenvalue weighted by Crippen LogP contribution is 2.28. The van der Waals surface area contributed by atoms with Crippen molar-refractivity contribution in [1.82, 2.24) is 10.3 Å². The summed E-state index contributed by atoms with van der Waals surface area (Å²) in [5.74, 6) is -0.0457. The van der Waals surface area contributed by atoms with Crippen LogP contribution in [0.2, 0.25) is 0 Å².